The normalized spacial score (nSPS) is 11.0. The Hall–Kier alpha value is -2.93. The van der Waals surface area contributed by atoms with E-state index in [1.807, 2.05) is 32.0 Å². The van der Waals surface area contributed by atoms with E-state index in [9.17, 15) is 10.4 Å². The molecule has 0 heterocycles. The van der Waals surface area contributed by atoms with Gasteiger partial charge in [-0.05, 0) is 72.5 Å². The third kappa shape index (κ3) is 3.46. The van der Waals surface area contributed by atoms with Crippen LogP contribution in [0.1, 0.15) is 22.3 Å². The van der Waals surface area contributed by atoms with Gasteiger partial charge in [-0.2, -0.15) is 5.26 Å². The fourth-order valence-corrected chi connectivity index (χ4v) is 2.42. The minimum atomic E-state index is 0.284. The predicted molar refractivity (Wildman–Crippen MR) is 90.6 cm³/mol. The van der Waals surface area contributed by atoms with Gasteiger partial charge in [0.1, 0.15) is 5.75 Å². The fourth-order valence-electron chi connectivity index (χ4n) is 2.42. The highest BCUT2D eigenvalue weighted by molar-refractivity contribution is 5.90. The first-order valence-corrected chi connectivity index (χ1v) is 7.14. The summed E-state index contributed by atoms with van der Waals surface area (Å²) in [4.78, 5) is 0. The van der Waals surface area contributed by atoms with Crippen molar-refractivity contribution in [3.05, 3.63) is 52.6 Å². The molecule has 0 unspecified atom stereocenters. The number of allylic oxidation sites excluding steroid dienone is 1. The summed E-state index contributed by atoms with van der Waals surface area (Å²) < 4.78 is 10.5. The van der Waals surface area contributed by atoms with E-state index in [1.54, 1.807) is 32.4 Å². The van der Waals surface area contributed by atoms with Crippen LogP contribution in [0.3, 0.4) is 0 Å². The number of phenolic OH excluding ortho intramolecular Hbond substituents is 1. The van der Waals surface area contributed by atoms with Gasteiger partial charge in [-0.1, -0.05) is 0 Å². The van der Waals surface area contributed by atoms with Gasteiger partial charge in [0.2, 0.25) is 0 Å². The van der Waals surface area contributed by atoms with Gasteiger partial charge in [0, 0.05) is 0 Å². The Kier molecular flexibility index (Phi) is 4.92. The van der Waals surface area contributed by atoms with Crippen molar-refractivity contribution in [3.8, 4) is 23.3 Å². The van der Waals surface area contributed by atoms with E-state index in [0.717, 1.165) is 22.3 Å². The van der Waals surface area contributed by atoms with Gasteiger partial charge >= 0.3 is 0 Å². The maximum atomic E-state index is 9.85. The molecule has 0 amide bonds. The number of hydrogen-bond acceptors (Lipinski definition) is 4. The molecule has 0 saturated carbocycles. The largest absolute Gasteiger partial charge is 0.507 e. The first-order chi connectivity index (χ1) is 11.0. The van der Waals surface area contributed by atoms with Crippen LogP contribution in [0.25, 0.3) is 11.6 Å². The number of ether oxygens (including phenoxy) is 2. The molecule has 2 aromatic rings. The van der Waals surface area contributed by atoms with Crippen molar-refractivity contribution in [1.82, 2.24) is 0 Å². The van der Waals surface area contributed by atoms with Crippen LogP contribution in [0.15, 0.2) is 30.3 Å². The molecule has 0 radical (unpaired) electrons. The van der Waals surface area contributed by atoms with E-state index in [2.05, 4.69) is 6.07 Å². The lowest BCUT2D eigenvalue weighted by molar-refractivity contribution is 0.355. The number of methoxy groups -OCH3 is 2. The second kappa shape index (κ2) is 6.89. The van der Waals surface area contributed by atoms with Crippen LogP contribution in [0.5, 0.6) is 17.2 Å². The number of phenols is 1. The summed E-state index contributed by atoms with van der Waals surface area (Å²) in [5.74, 6) is 1.47. The quantitative estimate of drug-likeness (QED) is 0.682. The zero-order valence-corrected chi connectivity index (χ0v) is 13.7. The predicted octanol–water partition coefficient (Wildman–Crippen LogP) is 4.09. The molecule has 1 N–H and O–H groups in total. The minimum absolute atomic E-state index is 0.284. The lowest BCUT2D eigenvalue weighted by Gasteiger charge is -2.09. The van der Waals surface area contributed by atoms with E-state index in [-0.39, 0.29) is 5.75 Å². The molecule has 0 aromatic heterocycles. The second-order valence-electron chi connectivity index (χ2n) is 5.24. The van der Waals surface area contributed by atoms with Crippen molar-refractivity contribution in [3.63, 3.8) is 0 Å². The lowest BCUT2D eigenvalue weighted by atomic mass is 10.0. The molecule has 0 aliphatic rings. The average Bonchev–Trinajstić information content (AvgIpc) is 2.56. The molecule has 0 saturated heterocycles. The number of aryl methyl sites for hydroxylation is 2. The molecule has 0 aliphatic carbocycles. The van der Waals surface area contributed by atoms with Crippen molar-refractivity contribution in [2.24, 2.45) is 0 Å². The Morgan fingerprint density at radius 1 is 1.04 bits per heavy atom. The van der Waals surface area contributed by atoms with Crippen molar-refractivity contribution < 1.29 is 14.6 Å². The Bertz CT molecular complexity index is 778. The van der Waals surface area contributed by atoms with Crippen molar-refractivity contribution in [1.29, 1.82) is 5.26 Å². The smallest absolute Gasteiger partial charge is 0.161 e. The average molecular weight is 309 g/mol. The van der Waals surface area contributed by atoms with Gasteiger partial charge in [0.05, 0.1) is 25.9 Å². The maximum Gasteiger partial charge on any atom is 0.161 e. The van der Waals surface area contributed by atoms with Gasteiger partial charge < -0.3 is 14.6 Å². The number of nitriles is 1. The Morgan fingerprint density at radius 3 is 2.17 bits per heavy atom. The molecule has 0 aliphatic heterocycles. The molecular weight excluding hydrogens is 290 g/mol. The number of hydrogen-bond donors (Lipinski definition) is 1. The fraction of sp³-hybridized carbons (Fsp3) is 0.211. The summed E-state index contributed by atoms with van der Waals surface area (Å²) in [5.41, 5.74) is 3.68. The summed E-state index contributed by atoms with van der Waals surface area (Å²) in [7, 11) is 3.13. The van der Waals surface area contributed by atoms with Gasteiger partial charge in [-0.3, -0.25) is 0 Å². The summed E-state index contributed by atoms with van der Waals surface area (Å²) in [6.45, 7) is 3.67. The number of rotatable bonds is 4. The van der Waals surface area contributed by atoms with Crippen LogP contribution in [0.2, 0.25) is 0 Å². The first-order valence-electron chi connectivity index (χ1n) is 7.14. The first kappa shape index (κ1) is 16.4. The zero-order chi connectivity index (χ0) is 17.0. The second-order valence-corrected chi connectivity index (χ2v) is 5.24. The van der Waals surface area contributed by atoms with E-state index in [4.69, 9.17) is 9.47 Å². The zero-order valence-electron chi connectivity index (χ0n) is 13.7. The lowest BCUT2D eigenvalue weighted by Crippen LogP contribution is -1.92. The highest BCUT2D eigenvalue weighted by Crippen LogP contribution is 2.31. The van der Waals surface area contributed by atoms with Crippen LogP contribution < -0.4 is 9.47 Å². The highest BCUT2D eigenvalue weighted by atomic mass is 16.5. The molecule has 0 spiro atoms. The monoisotopic (exact) mass is 309 g/mol. The molecule has 2 rings (SSSR count). The molecule has 23 heavy (non-hydrogen) atoms. The topological polar surface area (TPSA) is 62.5 Å². The van der Waals surface area contributed by atoms with E-state index >= 15 is 0 Å². The number of aromatic hydroxyl groups is 1. The van der Waals surface area contributed by atoms with Gasteiger partial charge in [-0.25, -0.2) is 0 Å². The van der Waals surface area contributed by atoms with E-state index < -0.39 is 0 Å². The Morgan fingerprint density at radius 2 is 1.65 bits per heavy atom. The standard InChI is InChI=1S/C19H19NO3/c1-12-7-14(8-13(2)19(12)21)9-16(11-20)15-5-6-17(22-3)18(10-15)23-4/h5-10,21H,1-4H3/b16-9+. The van der Waals surface area contributed by atoms with Crippen LogP contribution in [-0.2, 0) is 0 Å². The van der Waals surface area contributed by atoms with Crippen LogP contribution in [0.4, 0.5) is 0 Å². The van der Waals surface area contributed by atoms with Crippen molar-refractivity contribution in [2.45, 2.75) is 13.8 Å². The van der Waals surface area contributed by atoms with Crippen molar-refractivity contribution in [2.75, 3.05) is 14.2 Å². The minimum Gasteiger partial charge on any atom is -0.507 e. The van der Waals surface area contributed by atoms with Gasteiger partial charge in [0.15, 0.2) is 11.5 Å². The molecule has 0 bridgehead atoms. The summed E-state index contributed by atoms with van der Waals surface area (Å²) in [6, 6.07) is 11.3. The van der Waals surface area contributed by atoms with E-state index in [0.29, 0.717) is 17.1 Å². The summed E-state index contributed by atoms with van der Waals surface area (Å²) in [6.07, 6.45) is 1.79. The molecule has 118 valence electrons. The molecule has 0 atom stereocenters. The highest BCUT2D eigenvalue weighted by Gasteiger charge is 2.09. The SMILES string of the molecule is COc1ccc(/C(C#N)=C/c2cc(C)c(O)c(C)c2)cc1OC. The third-order valence-corrected chi connectivity index (χ3v) is 3.64. The Balaban J connectivity index is 2.50. The molecule has 4 nitrogen and oxygen atoms in total. The van der Waals surface area contributed by atoms with Crippen molar-refractivity contribution >= 4 is 11.6 Å². The van der Waals surface area contributed by atoms with Gasteiger partial charge in [-0.15, -0.1) is 0 Å². The van der Waals surface area contributed by atoms with Crippen LogP contribution in [-0.4, -0.2) is 19.3 Å². The molecule has 4 heteroatoms. The maximum absolute atomic E-state index is 9.85. The summed E-state index contributed by atoms with van der Waals surface area (Å²) >= 11 is 0. The number of nitrogens with zero attached hydrogens (tertiary/aromatic N) is 1. The van der Waals surface area contributed by atoms with Crippen LogP contribution >= 0.6 is 0 Å². The molecule has 0 fully saturated rings. The van der Waals surface area contributed by atoms with E-state index in [1.165, 1.54) is 0 Å². The van der Waals surface area contributed by atoms with Gasteiger partial charge in [0.25, 0.3) is 0 Å². The third-order valence-electron chi connectivity index (χ3n) is 3.64. The summed E-state index contributed by atoms with van der Waals surface area (Å²) in [5, 5.41) is 19.3. The van der Waals surface area contributed by atoms with Crippen LogP contribution in [0, 0.1) is 25.2 Å². The Labute approximate surface area is 136 Å². The number of benzene rings is 2. The molecule has 2 aromatic carbocycles. The molecular formula is C19H19NO3.